The van der Waals surface area contributed by atoms with Crippen LogP contribution in [0, 0.1) is 0 Å². The number of ether oxygens (including phenoxy) is 4. The lowest BCUT2D eigenvalue weighted by Gasteiger charge is -2.04. The summed E-state index contributed by atoms with van der Waals surface area (Å²) in [7, 11) is 0. The van der Waals surface area contributed by atoms with Gasteiger partial charge in [-0.25, -0.2) is 0 Å². The minimum atomic E-state index is -1.08. The van der Waals surface area contributed by atoms with Gasteiger partial charge in [0.2, 0.25) is 0 Å². The van der Waals surface area contributed by atoms with E-state index in [9.17, 15) is 28.8 Å². The number of carboxylic acids is 2. The number of hydrogen-bond donors (Lipinski definition) is 2. The molecule has 0 amide bonds. The normalized spacial score (nSPS) is 9.60. The van der Waals surface area contributed by atoms with E-state index in [-0.39, 0.29) is 62.4 Å². The summed E-state index contributed by atoms with van der Waals surface area (Å²) in [5, 5.41) is 15.8. The van der Waals surface area contributed by atoms with Crippen LogP contribution in [0.25, 0.3) is 0 Å². The molecule has 0 fully saturated rings. The Bertz CT molecular complexity index is 589. The molecule has 0 saturated heterocycles. The van der Waals surface area contributed by atoms with Gasteiger partial charge in [0.1, 0.15) is 0 Å². The van der Waals surface area contributed by atoms with Crippen molar-refractivity contribution < 1.29 is 57.9 Å². The Morgan fingerprint density at radius 3 is 0.750 bits per heavy atom. The van der Waals surface area contributed by atoms with Gasteiger partial charge in [0.25, 0.3) is 0 Å². The highest BCUT2D eigenvalue weighted by molar-refractivity contribution is 5.78. The van der Waals surface area contributed by atoms with Crippen molar-refractivity contribution in [3.05, 3.63) is 0 Å². The number of unbranched alkanes of at least 4 members (excludes halogenated alkanes) is 4. The molecule has 0 heterocycles. The number of rotatable bonds is 21. The average molecular weight is 579 g/mol. The second kappa shape index (κ2) is 32.0. The van der Waals surface area contributed by atoms with Crippen molar-refractivity contribution in [1.82, 2.24) is 0 Å². The zero-order valence-corrected chi connectivity index (χ0v) is 24.7. The predicted octanol–water partition coefficient (Wildman–Crippen LogP) is 4.84. The minimum Gasteiger partial charge on any atom is -0.481 e. The van der Waals surface area contributed by atoms with Crippen molar-refractivity contribution in [2.75, 3.05) is 26.4 Å². The Balaban J connectivity index is -0.000000543. The quantitative estimate of drug-likeness (QED) is 0.108. The third kappa shape index (κ3) is 39.3. The maximum Gasteiger partial charge on any atom is 0.306 e. The standard InChI is InChI=1S/2C12H22O4.C4H6O4/c2*1-3-5-9-15-11(13)7-8-12(14)16-10-6-4-2;5-3(6)1-2-4(7)8/h2*3-10H2,1-2H3;1-2H2,(H,5,6)(H,7,8). The molecule has 0 radical (unpaired) electrons. The molecule has 234 valence electrons. The molecule has 0 aromatic heterocycles. The Labute approximate surface area is 238 Å². The van der Waals surface area contributed by atoms with Gasteiger partial charge in [-0.1, -0.05) is 53.4 Å². The molecule has 0 saturated carbocycles. The number of aliphatic carboxylic acids is 2. The van der Waals surface area contributed by atoms with Crippen LogP contribution >= 0.6 is 0 Å². The Morgan fingerprint density at radius 2 is 0.600 bits per heavy atom. The fraction of sp³-hybridized carbons (Fsp3) is 0.786. The van der Waals surface area contributed by atoms with Gasteiger partial charge in [-0.3, -0.25) is 28.8 Å². The van der Waals surface area contributed by atoms with E-state index in [1.165, 1.54) is 0 Å². The number of carbonyl (C=O) groups excluding carboxylic acids is 4. The van der Waals surface area contributed by atoms with Crippen LogP contribution in [0.1, 0.15) is 118 Å². The Kier molecular flexibility index (Phi) is 33.1. The first kappa shape index (κ1) is 41.3. The Hall–Kier alpha value is -3.18. The van der Waals surface area contributed by atoms with Crippen LogP contribution in [-0.2, 0) is 47.7 Å². The SMILES string of the molecule is CCCCOC(=O)CCC(=O)OCCCC.CCCCOC(=O)CCC(=O)OCCCC.O=C(O)CCC(=O)O. The minimum absolute atomic E-state index is 0.120. The van der Waals surface area contributed by atoms with E-state index in [0.29, 0.717) is 26.4 Å². The first-order valence-electron chi connectivity index (χ1n) is 14.1. The molecule has 0 aliphatic heterocycles. The van der Waals surface area contributed by atoms with Crippen LogP contribution in [0.2, 0.25) is 0 Å². The molecule has 0 aromatic carbocycles. The third-order valence-corrected chi connectivity index (χ3v) is 4.66. The van der Waals surface area contributed by atoms with Crippen LogP contribution in [0.4, 0.5) is 0 Å². The highest BCUT2D eigenvalue weighted by atomic mass is 16.5. The molecular formula is C28H50O12. The number of carboxylic acid groups (broad SMARTS) is 2. The molecule has 12 nitrogen and oxygen atoms in total. The van der Waals surface area contributed by atoms with E-state index in [0.717, 1.165) is 51.4 Å². The van der Waals surface area contributed by atoms with Gasteiger partial charge in [-0.15, -0.1) is 0 Å². The van der Waals surface area contributed by atoms with Gasteiger partial charge in [0.05, 0.1) is 65.0 Å². The lowest BCUT2D eigenvalue weighted by atomic mass is 10.3. The second-order valence-corrected chi connectivity index (χ2v) is 8.58. The molecule has 0 rings (SSSR count). The third-order valence-electron chi connectivity index (χ3n) is 4.66. The first-order chi connectivity index (χ1) is 19.0. The van der Waals surface area contributed by atoms with E-state index >= 15 is 0 Å². The summed E-state index contributed by atoms with van der Waals surface area (Å²) in [5.41, 5.74) is 0. The molecule has 0 aliphatic rings. The highest BCUT2D eigenvalue weighted by Crippen LogP contribution is 2.00. The van der Waals surface area contributed by atoms with Crippen molar-refractivity contribution in [2.24, 2.45) is 0 Å². The van der Waals surface area contributed by atoms with Crippen LogP contribution in [0.15, 0.2) is 0 Å². The summed E-state index contributed by atoms with van der Waals surface area (Å²) in [4.78, 5) is 63.8. The Morgan fingerprint density at radius 1 is 0.400 bits per heavy atom. The molecule has 12 heteroatoms. The molecule has 0 atom stereocenters. The summed E-state index contributed by atoms with van der Waals surface area (Å²) < 4.78 is 19.6. The van der Waals surface area contributed by atoms with Crippen LogP contribution < -0.4 is 0 Å². The largest absolute Gasteiger partial charge is 0.481 e. The number of carbonyl (C=O) groups is 6. The van der Waals surface area contributed by atoms with Crippen molar-refractivity contribution in [1.29, 1.82) is 0 Å². The maximum absolute atomic E-state index is 11.1. The molecule has 0 bridgehead atoms. The molecule has 0 aromatic rings. The molecule has 2 N–H and O–H groups in total. The van der Waals surface area contributed by atoms with Crippen molar-refractivity contribution in [3.8, 4) is 0 Å². The van der Waals surface area contributed by atoms with E-state index in [2.05, 4.69) is 0 Å². The van der Waals surface area contributed by atoms with Gasteiger partial charge >= 0.3 is 35.8 Å². The molecule has 0 spiro atoms. The zero-order valence-electron chi connectivity index (χ0n) is 24.7. The van der Waals surface area contributed by atoms with Gasteiger partial charge in [0, 0.05) is 0 Å². The van der Waals surface area contributed by atoms with Crippen molar-refractivity contribution >= 4 is 35.8 Å². The smallest absolute Gasteiger partial charge is 0.306 e. The van der Waals surface area contributed by atoms with E-state index < -0.39 is 11.9 Å². The van der Waals surface area contributed by atoms with Crippen LogP contribution in [0.3, 0.4) is 0 Å². The van der Waals surface area contributed by atoms with E-state index in [4.69, 9.17) is 29.2 Å². The number of hydrogen-bond acceptors (Lipinski definition) is 10. The van der Waals surface area contributed by atoms with Gasteiger partial charge in [0.15, 0.2) is 0 Å². The average Bonchev–Trinajstić information content (AvgIpc) is 2.91. The monoisotopic (exact) mass is 578 g/mol. The van der Waals surface area contributed by atoms with Crippen LogP contribution in [-0.4, -0.2) is 72.5 Å². The topological polar surface area (TPSA) is 180 Å². The van der Waals surface area contributed by atoms with Gasteiger partial charge < -0.3 is 29.2 Å². The van der Waals surface area contributed by atoms with Gasteiger partial charge in [-0.2, -0.15) is 0 Å². The van der Waals surface area contributed by atoms with E-state index in [1.54, 1.807) is 0 Å². The van der Waals surface area contributed by atoms with Crippen molar-refractivity contribution in [3.63, 3.8) is 0 Å². The van der Waals surface area contributed by atoms with Crippen molar-refractivity contribution in [2.45, 2.75) is 118 Å². The van der Waals surface area contributed by atoms with E-state index in [1.807, 2.05) is 27.7 Å². The summed E-state index contributed by atoms with van der Waals surface area (Å²) >= 11 is 0. The lowest BCUT2D eigenvalue weighted by molar-refractivity contribution is -0.150. The first-order valence-corrected chi connectivity index (χ1v) is 14.1. The summed E-state index contributed by atoms with van der Waals surface area (Å²) in [6, 6.07) is 0. The summed E-state index contributed by atoms with van der Waals surface area (Å²) in [6.45, 7) is 9.89. The molecule has 0 unspecified atom stereocenters. The predicted molar refractivity (Wildman–Crippen MR) is 146 cm³/mol. The van der Waals surface area contributed by atoms with Gasteiger partial charge in [-0.05, 0) is 25.7 Å². The maximum atomic E-state index is 11.1. The van der Waals surface area contributed by atoms with Crippen LogP contribution in [0.5, 0.6) is 0 Å². The highest BCUT2D eigenvalue weighted by Gasteiger charge is 2.09. The summed E-state index contributed by atoms with van der Waals surface area (Å²) in [6.07, 6.45) is 7.33. The molecule has 40 heavy (non-hydrogen) atoms. The number of esters is 4. The molecular weight excluding hydrogens is 528 g/mol. The fourth-order valence-corrected chi connectivity index (χ4v) is 2.23. The second-order valence-electron chi connectivity index (χ2n) is 8.58. The molecule has 0 aliphatic carbocycles. The zero-order chi connectivity index (χ0) is 31.0. The lowest BCUT2D eigenvalue weighted by Crippen LogP contribution is -2.11. The summed E-state index contributed by atoms with van der Waals surface area (Å²) in [5.74, 6) is -3.43. The fourth-order valence-electron chi connectivity index (χ4n) is 2.23.